The first-order valence-corrected chi connectivity index (χ1v) is 9.88. The Morgan fingerprint density at radius 2 is 1.79 bits per heavy atom. The number of hydrogen-bond acceptors (Lipinski definition) is 3. The number of carbonyl (C=O) groups is 1. The monoisotopic (exact) mass is 286 g/mol. The van der Waals surface area contributed by atoms with Crippen LogP contribution in [0.15, 0.2) is 12.7 Å². The molecule has 0 radical (unpaired) electrons. The molecule has 0 heterocycles. The Morgan fingerprint density at radius 1 is 1.21 bits per heavy atom. The highest BCUT2D eigenvalue weighted by atomic mass is 28.4. The fourth-order valence-corrected chi connectivity index (χ4v) is 6.96. The topological polar surface area (TPSA) is 35.5 Å². The zero-order chi connectivity index (χ0) is 14.7. The van der Waals surface area contributed by atoms with E-state index in [-0.39, 0.29) is 11.7 Å². The Hall–Kier alpha value is -0.613. The molecule has 0 aliphatic rings. The molecule has 0 aromatic rings. The second-order valence-corrected chi connectivity index (χ2v) is 9.22. The van der Waals surface area contributed by atoms with Crippen LogP contribution in [0.4, 0.5) is 0 Å². The highest BCUT2D eigenvalue weighted by Crippen LogP contribution is 2.29. The van der Waals surface area contributed by atoms with Crippen LogP contribution in [0.5, 0.6) is 0 Å². The van der Waals surface area contributed by atoms with Crippen molar-refractivity contribution in [1.29, 1.82) is 0 Å². The summed E-state index contributed by atoms with van der Waals surface area (Å²) in [5, 5.41) is 0. The molecule has 0 rings (SSSR count). The summed E-state index contributed by atoms with van der Waals surface area (Å²) >= 11 is 0. The van der Waals surface area contributed by atoms with Gasteiger partial charge in [-0.25, -0.2) is 4.79 Å². The van der Waals surface area contributed by atoms with Crippen LogP contribution in [-0.2, 0) is 14.0 Å². The molecular weight excluding hydrogens is 256 g/mol. The third-order valence-electron chi connectivity index (χ3n) is 3.58. The maximum absolute atomic E-state index is 11.6. The van der Waals surface area contributed by atoms with Crippen molar-refractivity contribution in [2.45, 2.75) is 70.7 Å². The molecule has 0 bridgehead atoms. The Morgan fingerprint density at radius 3 is 2.16 bits per heavy atom. The Bertz CT molecular complexity index is 260. The quantitative estimate of drug-likeness (QED) is 0.324. The molecule has 112 valence electrons. The molecule has 1 atom stereocenters. The van der Waals surface area contributed by atoms with Crippen molar-refractivity contribution in [3.8, 4) is 0 Å². The van der Waals surface area contributed by atoms with Gasteiger partial charge in [-0.1, -0.05) is 53.0 Å². The smallest absolute Gasteiger partial charge is 0.330 e. The maximum atomic E-state index is 11.6. The molecule has 0 aromatic heterocycles. The van der Waals surface area contributed by atoms with E-state index >= 15 is 0 Å². The third-order valence-corrected chi connectivity index (χ3v) is 8.67. The van der Waals surface area contributed by atoms with E-state index in [1.807, 2.05) is 0 Å². The Kier molecular flexibility index (Phi) is 9.88. The van der Waals surface area contributed by atoms with E-state index in [4.69, 9.17) is 9.16 Å². The standard InChI is InChI=1S/C15H30O3Si/c1-6-10-11-15(18-14(16)9-4)19(17-5,12-7-2)13-8-3/h9,15H,4,6-8,10-13H2,1-3,5H3. The second kappa shape index (κ2) is 10.2. The molecule has 0 saturated carbocycles. The van der Waals surface area contributed by atoms with Gasteiger partial charge < -0.3 is 9.16 Å². The SMILES string of the molecule is C=CC(=O)OC(CCCC)[Si](CCC)(CCC)OC. The summed E-state index contributed by atoms with van der Waals surface area (Å²) in [6.45, 7) is 9.99. The fourth-order valence-electron chi connectivity index (χ4n) is 2.64. The van der Waals surface area contributed by atoms with Crippen molar-refractivity contribution in [3.05, 3.63) is 12.7 Å². The lowest BCUT2D eigenvalue weighted by Crippen LogP contribution is -2.51. The van der Waals surface area contributed by atoms with Gasteiger partial charge in [0, 0.05) is 13.2 Å². The predicted octanol–water partition coefficient (Wildman–Crippen LogP) is 4.23. The molecule has 0 saturated heterocycles. The fraction of sp³-hybridized carbons (Fsp3) is 0.800. The molecule has 0 aliphatic heterocycles. The first-order chi connectivity index (χ1) is 9.10. The summed E-state index contributed by atoms with van der Waals surface area (Å²) in [5.74, 6) is -0.317. The zero-order valence-electron chi connectivity index (χ0n) is 13.0. The number of ether oxygens (including phenoxy) is 1. The summed E-state index contributed by atoms with van der Waals surface area (Å²) in [6.07, 6.45) is 6.50. The molecule has 3 nitrogen and oxygen atoms in total. The van der Waals surface area contributed by atoms with E-state index in [2.05, 4.69) is 27.4 Å². The lowest BCUT2D eigenvalue weighted by Gasteiger charge is -2.36. The minimum atomic E-state index is -2.01. The number of unbranched alkanes of at least 4 members (excludes halogenated alkanes) is 1. The van der Waals surface area contributed by atoms with Crippen LogP contribution in [0.3, 0.4) is 0 Å². The lowest BCUT2D eigenvalue weighted by molar-refractivity contribution is -0.140. The highest BCUT2D eigenvalue weighted by Gasteiger charge is 2.43. The first kappa shape index (κ1) is 18.4. The van der Waals surface area contributed by atoms with Gasteiger partial charge in [-0.3, -0.25) is 0 Å². The number of carbonyl (C=O) groups excluding carboxylic acids is 1. The van der Waals surface area contributed by atoms with Crippen molar-refractivity contribution in [1.82, 2.24) is 0 Å². The largest absolute Gasteiger partial charge is 0.460 e. The van der Waals surface area contributed by atoms with Crippen LogP contribution in [0, 0.1) is 0 Å². The van der Waals surface area contributed by atoms with Gasteiger partial charge in [0.2, 0.25) is 8.32 Å². The molecule has 0 aliphatic carbocycles. The molecule has 19 heavy (non-hydrogen) atoms. The first-order valence-electron chi connectivity index (χ1n) is 7.48. The van der Waals surface area contributed by atoms with Gasteiger partial charge in [-0.2, -0.15) is 0 Å². The van der Waals surface area contributed by atoms with E-state index in [9.17, 15) is 4.79 Å². The van der Waals surface area contributed by atoms with Crippen molar-refractivity contribution in [2.24, 2.45) is 0 Å². The van der Waals surface area contributed by atoms with E-state index in [1.54, 1.807) is 7.11 Å². The van der Waals surface area contributed by atoms with Crippen molar-refractivity contribution < 1.29 is 14.0 Å². The molecule has 0 aromatic carbocycles. The minimum Gasteiger partial charge on any atom is -0.460 e. The number of esters is 1. The second-order valence-electron chi connectivity index (χ2n) is 5.04. The molecular formula is C15H30O3Si. The van der Waals surface area contributed by atoms with Gasteiger partial charge in [0.25, 0.3) is 0 Å². The summed E-state index contributed by atoms with van der Waals surface area (Å²) in [7, 11) is -0.216. The van der Waals surface area contributed by atoms with Crippen LogP contribution >= 0.6 is 0 Å². The van der Waals surface area contributed by atoms with Crippen LogP contribution in [0.2, 0.25) is 12.1 Å². The molecule has 1 unspecified atom stereocenters. The third kappa shape index (κ3) is 5.91. The Labute approximate surface area is 119 Å². The van der Waals surface area contributed by atoms with E-state index in [0.29, 0.717) is 0 Å². The van der Waals surface area contributed by atoms with Crippen LogP contribution in [-0.4, -0.2) is 27.1 Å². The average molecular weight is 286 g/mol. The van der Waals surface area contributed by atoms with Gasteiger partial charge in [0.15, 0.2) is 0 Å². The van der Waals surface area contributed by atoms with Crippen LogP contribution < -0.4 is 0 Å². The summed E-state index contributed by atoms with van der Waals surface area (Å²) < 4.78 is 11.6. The number of rotatable bonds is 11. The van der Waals surface area contributed by atoms with Gasteiger partial charge in [0.1, 0.15) is 5.73 Å². The molecule has 0 amide bonds. The van der Waals surface area contributed by atoms with Gasteiger partial charge in [-0.05, 0) is 18.5 Å². The zero-order valence-corrected chi connectivity index (χ0v) is 14.0. The molecule has 0 spiro atoms. The van der Waals surface area contributed by atoms with Gasteiger partial charge in [0.05, 0.1) is 0 Å². The highest BCUT2D eigenvalue weighted by molar-refractivity contribution is 6.75. The average Bonchev–Trinajstić information content (AvgIpc) is 2.42. The minimum absolute atomic E-state index is 0.0390. The van der Waals surface area contributed by atoms with E-state index in [0.717, 1.165) is 44.2 Å². The van der Waals surface area contributed by atoms with E-state index < -0.39 is 8.32 Å². The summed E-state index contributed by atoms with van der Waals surface area (Å²) in [6, 6.07) is 2.10. The van der Waals surface area contributed by atoms with Crippen molar-refractivity contribution in [3.63, 3.8) is 0 Å². The molecule has 4 heteroatoms. The molecule has 0 fully saturated rings. The molecule has 0 N–H and O–H groups in total. The predicted molar refractivity (Wildman–Crippen MR) is 82.6 cm³/mol. The van der Waals surface area contributed by atoms with Crippen molar-refractivity contribution >= 4 is 14.3 Å². The normalized spacial score (nSPS) is 13.1. The van der Waals surface area contributed by atoms with Gasteiger partial charge in [-0.15, -0.1) is 0 Å². The Balaban J connectivity index is 5.06. The van der Waals surface area contributed by atoms with Crippen LogP contribution in [0.25, 0.3) is 0 Å². The summed E-state index contributed by atoms with van der Waals surface area (Å²) in [4.78, 5) is 11.6. The summed E-state index contributed by atoms with van der Waals surface area (Å²) in [5.41, 5.74) is -0.0390. The van der Waals surface area contributed by atoms with Crippen LogP contribution in [0.1, 0.15) is 52.9 Å². The van der Waals surface area contributed by atoms with E-state index in [1.165, 1.54) is 6.08 Å². The van der Waals surface area contributed by atoms with Crippen molar-refractivity contribution in [2.75, 3.05) is 7.11 Å². The lowest BCUT2D eigenvalue weighted by atomic mass is 10.3. The van der Waals surface area contributed by atoms with Gasteiger partial charge >= 0.3 is 5.97 Å². The maximum Gasteiger partial charge on any atom is 0.330 e. The number of hydrogen-bond donors (Lipinski definition) is 0.